The predicted octanol–water partition coefficient (Wildman–Crippen LogP) is 3.30. The summed E-state index contributed by atoms with van der Waals surface area (Å²) in [5, 5.41) is 15.9. The van der Waals surface area contributed by atoms with Gasteiger partial charge in [-0.3, -0.25) is 4.79 Å². The molecule has 0 saturated carbocycles. The third-order valence-corrected chi connectivity index (χ3v) is 5.14. The molecule has 0 fully saturated rings. The van der Waals surface area contributed by atoms with Crippen LogP contribution < -0.4 is 10.6 Å². The molecular weight excluding hydrogens is 342 g/mol. The van der Waals surface area contributed by atoms with Crippen LogP contribution in [0.5, 0.6) is 0 Å². The SMILES string of the molecule is C[C@H]([NH2+][C@H](c1ccccc1)c1cccs1)C(=O)Nc1ccc(C#N)cc1. The summed E-state index contributed by atoms with van der Waals surface area (Å²) in [5.74, 6) is -0.0628. The van der Waals surface area contributed by atoms with Crippen LogP contribution in [0.2, 0.25) is 0 Å². The fraction of sp³-hybridized carbons (Fsp3) is 0.143. The van der Waals surface area contributed by atoms with Crippen molar-refractivity contribution in [3.8, 4) is 6.07 Å². The second kappa shape index (κ2) is 8.43. The minimum atomic E-state index is -0.266. The molecule has 0 bridgehead atoms. The van der Waals surface area contributed by atoms with Crippen molar-refractivity contribution in [2.24, 2.45) is 0 Å². The lowest BCUT2D eigenvalue weighted by molar-refractivity contribution is -0.703. The molecule has 4 nitrogen and oxygen atoms in total. The number of nitriles is 1. The van der Waals surface area contributed by atoms with Crippen molar-refractivity contribution in [1.29, 1.82) is 5.26 Å². The molecule has 0 aliphatic heterocycles. The van der Waals surface area contributed by atoms with E-state index in [0.717, 1.165) is 0 Å². The Hall–Kier alpha value is -2.94. The first-order chi connectivity index (χ1) is 12.7. The van der Waals surface area contributed by atoms with Gasteiger partial charge in [0.25, 0.3) is 5.91 Å². The molecule has 3 N–H and O–H groups in total. The van der Waals surface area contributed by atoms with E-state index in [1.54, 1.807) is 35.6 Å². The van der Waals surface area contributed by atoms with Gasteiger partial charge in [-0.05, 0) is 42.6 Å². The minimum absolute atomic E-state index is 0.0628. The van der Waals surface area contributed by atoms with Gasteiger partial charge in [-0.15, -0.1) is 11.3 Å². The summed E-state index contributed by atoms with van der Waals surface area (Å²) in [7, 11) is 0. The summed E-state index contributed by atoms with van der Waals surface area (Å²) in [6.07, 6.45) is 0. The van der Waals surface area contributed by atoms with Crippen molar-refractivity contribution in [3.63, 3.8) is 0 Å². The van der Waals surface area contributed by atoms with Crippen molar-refractivity contribution >= 4 is 22.9 Å². The molecule has 130 valence electrons. The molecule has 1 amide bonds. The number of nitrogens with two attached hydrogens (primary N) is 1. The van der Waals surface area contributed by atoms with Crippen molar-refractivity contribution in [2.75, 3.05) is 5.32 Å². The Kier molecular flexibility index (Phi) is 5.80. The molecule has 26 heavy (non-hydrogen) atoms. The van der Waals surface area contributed by atoms with E-state index < -0.39 is 0 Å². The summed E-state index contributed by atoms with van der Waals surface area (Å²) < 4.78 is 0. The fourth-order valence-electron chi connectivity index (χ4n) is 2.76. The van der Waals surface area contributed by atoms with Crippen LogP contribution in [0.3, 0.4) is 0 Å². The van der Waals surface area contributed by atoms with Gasteiger partial charge in [-0.2, -0.15) is 5.26 Å². The molecule has 0 unspecified atom stereocenters. The maximum atomic E-state index is 12.6. The van der Waals surface area contributed by atoms with Crippen LogP contribution in [0.4, 0.5) is 5.69 Å². The van der Waals surface area contributed by atoms with Gasteiger partial charge < -0.3 is 10.6 Å². The number of carbonyl (C=O) groups is 1. The van der Waals surface area contributed by atoms with Gasteiger partial charge in [0, 0.05) is 11.3 Å². The summed E-state index contributed by atoms with van der Waals surface area (Å²) in [5.41, 5.74) is 2.44. The molecule has 0 aliphatic rings. The van der Waals surface area contributed by atoms with E-state index in [9.17, 15) is 4.79 Å². The Labute approximate surface area is 157 Å². The molecule has 1 aromatic heterocycles. The molecule has 3 aromatic rings. The predicted molar refractivity (Wildman–Crippen MR) is 104 cm³/mol. The van der Waals surface area contributed by atoms with E-state index in [1.807, 2.05) is 31.2 Å². The zero-order valence-electron chi connectivity index (χ0n) is 14.4. The van der Waals surface area contributed by atoms with Crippen LogP contribution >= 0.6 is 11.3 Å². The Morgan fingerprint density at radius 2 is 1.81 bits per heavy atom. The normalized spacial score (nSPS) is 12.8. The molecule has 0 spiro atoms. The number of hydrogen-bond donors (Lipinski definition) is 2. The van der Waals surface area contributed by atoms with Gasteiger partial charge in [-0.1, -0.05) is 36.4 Å². The van der Waals surface area contributed by atoms with Crippen molar-refractivity contribution in [1.82, 2.24) is 0 Å². The Morgan fingerprint density at radius 3 is 2.42 bits per heavy atom. The number of nitrogens with one attached hydrogen (secondary N) is 1. The monoisotopic (exact) mass is 362 g/mol. The van der Waals surface area contributed by atoms with Crippen molar-refractivity contribution in [2.45, 2.75) is 19.0 Å². The summed E-state index contributed by atoms with van der Waals surface area (Å²) in [6, 6.07) is 23.1. The second-order valence-electron chi connectivity index (χ2n) is 6.06. The van der Waals surface area contributed by atoms with Crippen LogP contribution in [0.1, 0.15) is 29.0 Å². The van der Waals surface area contributed by atoms with Crippen LogP contribution in [0.25, 0.3) is 0 Å². The first-order valence-electron chi connectivity index (χ1n) is 8.41. The van der Waals surface area contributed by atoms with E-state index in [1.165, 1.54) is 10.4 Å². The molecule has 3 rings (SSSR count). The third kappa shape index (κ3) is 4.37. The van der Waals surface area contributed by atoms with Gasteiger partial charge >= 0.3 is 0 Å². The van der Waals surface area contributed by atoms with E-state index in [0.29, 0.717) is 11.3 Å². The average Bonchev–Trinajstić information content (AvgIpc) is 3.21. The number of benzene rings is 2. The Bertz CT molecular complexity index is 883. The number of nitrogens with zero attached hydrogens (tertiary/aromatic N) is 1. The quantitative estimate of drug-likeness (QED) is 0.706. The van der Waals surface area contributed by atoms with Crippen molar-refractivity contribution in [3.05, 3.63) is 88.1 Å². The number of rotatable bonds is 6. The van der Waals surface area contributed by atoms with Gasteiger partial charge in [0.15, 0.2) is 6.04 Å². The highest BCUT2D eigenvalue weighted by Crippen LogP contribution is 2.22. The molecule has 5 heteroatoms. The molecule has 0 aliphatic carbocycles. The van der Waals surface area contributed by atoms with Crippen molar-refractivity contribution < 1.29 is 10.1 Å². The van der Waals surface area contributed by atoms with Crippen LogP contribution in [0.15, 0.2) is 72.1 Å². The number of quaternary nitrogens is 1. The van der Waals surface area contributed by atoms with E-state index >= 15 is 0 Å². The zero-order valence-corrected chi connectivity index (χ0v) is 15.2. The van der Waals surface area contributed by atoms with E-state index in [-0.39, 0.29) is 18.0 Å². The highest BCUT2D eigenvalue weighted by Gasteiger charge is 2.25. The number of amides is 1. The second-order valence-corrected chi connectivity index (χ2v) is 7.04. The maximum Gasteiger partial charge on any atom is 0.282 e. The topological polar surface area (TPSA) is 69.5 Å². The smallest absolute Gasteiger partial charge is 0.282 e. The van der Waals surface area contributed by atoms with Gasteiger partial charge in [0.05, 0.1) is 16.5 Å². The average molecular weight is 362 g/mol. The highest BCUT2D eigenvalue weighted by molar-refractivity contribution is 7.10. The summed E-state index contributed by atoms with van der Waals surface area (Å²) >= 11 is 1.69. The molecular formula is C21H20N3OS+. The number of hydrogen-bond acceptors (Lipinski definition) is 3. The van der Waals surface area contributed by atoms with E-state index in [2.05, 4.69) is 40.3 Å². The largest absolute Gasteiger partial charge is 0.326 e. The van der Waals surface area contributed by atoms with Gasteiger partial charge in [0.1, 0.15) is 6.04 Å². The standard InChI is InChI=1S/C21H19N3OS/c1-15(21(25)24-18-11-9-16(14-22)10-12-18)23-20(19-8-5-13-26-19)17-6-3-2-4-7-17/h2-13,15,20,23H,1H3,(H,24,25)/p+1/t15-,20+/m0/s1. The van der Waals surface area contributed by atoms with Crippen LogP contribution in [-0.4, -0.2) is 11.9 Å². The lowest BCUT2D eigenvalue weighted by Crippen LogP contribution is -2.92. The first kappa shape index (κ1) is 17.9. The molecule has 0 radical (unpaired) electrons. The number of thiophene rings is 1. The van der Waals surface area contributed by atoms with E-state index in [4.69, 9.17) is 5.26 Å². The molecule has 2 atom stereocenters. The van der Waals surface area contributed by atoms with Gasteiger partial charge in [-0.25, -0.2) is 0 Å². The molecule has 2 aromatic carbocycles. The fourth-order valence-corrected chi connectivity index (χ4v) is 3.59. The Morgan fingerprint density at radius 1 is 1.08 bits per heavy atom. The minimum Gasteiger partial charge on any atom is -0.326 e. The molecule has 0 saturated heterocycles. The lowest BCUT2D eigenvalue weighted by atomic mass is 10.0. The van der Waals surface area contributed by atoms with Crippen LogP contribution in [-0.2, 0) is 4.79 Å². The van der Waals surface area contributed by atoms with Gasteiger partial charge in [0.2, 0.25) is 0 Å². The number of carbonyl (C=O) groups excluding carboxylic acids is 1. The summed E-state index contributed by atoms with van der Waals surface area (Å²) in [6.45, 7) is 1.91. The highest BCUT2D eigenvalue weighted by atomic mass is 32.1. The lowest BCUT2D eigenvalue weighted by Gasteiger charge is -2.19. The number of anilines is 1. The van der Waals surface area contributed by atoms with Crippen LogP contribution in [0, 0.1) is 11.3 Å². The Balaban J connectivity index is 1.72. The molecule has 1 heterocycles. The summed E-state index contributed by atoms with van der Waals surface area (Å²) in [4.78, 5) is 13.8. The zero-order chi connectivity index (χ0) is 18.4. The maximum absolute atomic E-state index is 12.6. The third-order valence-electron chi connectivity index (χ3n) is 4.18. The first-order valence-corrected chi connectivity index (χ1v) is 9.29.